The Morgan fingerprint density at radius 2 is 1.86 bits per heavy atom. The molecule has 0 amide bonds. The molecule has 14 heavy (non-hydrogen) atoms. The molecule has 0 atom stereocenters. The average molecular weight is 254 g/mol. The number of rotatable bonds is 2. The lowest BCUT2D eigenvalue weighted by Crippen LogP contribution is -1.95. The summed E-state index contributed by atoms with van der Waals surface area (Å²) in [6.07, 6.45) is 3.22. The van der Waals surface area contributed by atoms with Gasteiger partial charge in [-0.15, -0.1) is 0 Å². The zero-order valence-electron chi connectivity index (χ0n) is 7.45. The third-order valence-corrected chi connectivity index (χ3v) is 2.58. The van der Waals surface area contributed by atoms with E-state index in [4.69, 9.17) is 0 Å². The molecule has 0 spiro atoms. The Labute approximate surface area is 90.3 Å². The van der Waals surface area contributed by atoms with Gasteiger partial charge in [0.05, 0.1) is 4.47 Å². The monoisotopic (exact) mass is 253 g/mol. The lowest BCUT2D eigenvalue weighted by atomic mass is 10.2. The van der Waals surface area contributed by atoms with Crippen molar-refractivity contribution in [2.24, 2.45) is 0 Å². The molecule has 2 aromatic rings. The Morgan fingerprint density at radius 1 is 1.14 bits per heavy atom. The number of hydrogen-bond donors (Lipinski definition) is 0. The summed E-state index contributed by atoms with van der Waals surface area (Å²) in [5.41, 5.74) is 1.16. The van der Waals surface area contributed by atoms with E-state index in [-0.39, 0.29) is 5.82 Å². The largest absolute Gasteiger partial charge is 0.346 e. The van der Waals surface area contributed by atoms with Crippen LogP contribution in [0.25, 0.3) is 0 Å². The maximum atomic E-state index is 13.0. The molecule has 0 saturated heterocycles. The maximum Gasteiger partial charge on any atom is 0.155 e. The highest BCUT2D eigenvalue weighted by molar-refractivity contribution is 9.10. The van der Waals surface area contributed by atoms with Crippen LogP contribution in [-0.2, 0) is 6.54 Å². The minimum atomic E-state index is -0.221. The first-order valence-corrected chi connectivity index (χ1v) is 5.10. The Kier molecular flexibility index (Phi) is 2.68. The van der Waals surface area contributed by atoms with Crippen molar-refractivity contribution in [3.05, 3.63) is 58.6 Å². The van der Waals surface area contributed by atoms with Gasteiger partial charge in [-0.2, -0.15) is 0 Å². The van der Waals surface area contributed by atoms with Crippen molar-refractivity contribution in [2.45, 2.75) is 6.54 Å². The van der Waals surface area contributed by atoms with E-state index >= 15 is 0 Å². The fourth-order valence-corrected chi connectivity index (χ4v) is 1.70. The van der Waals surface area contributed by atoms with Crippen LogP contribution in [-0.4, -0.2) is 4.57 Å². The van der Waals surface area contributed by atoms with Gasteiger partial charge in [-0.1, -0.05) is 30.3 Å². The van der Waals surface area contributed by atoms with Gasteiger partial charge < -0.3 is 4.57 Å². The second-order valence-electron chi connectivity index (χ2n) is 3.11. The third-order valence-electron chi connectivity index (χ3n) is 1.99. The van der Waals surface area contributed by atoms with Crippen LogP contribution in [0.15, 0.2) is 47.2 Å². The fourth-order valence-electron chi connectivity index (χ4n) is 1.34. The van der Waals surface area contributed by atoms with E-state index in [1.807, 2.05) is 34.9 Å². The fraction of sp³-hybridized carbons (Fsp3) is 0.0909. The number of halogens is 2. The third kappa shape index (κ3) is 2.04. The average Bonchev–Trinajstić information content (AvgIpc) is 2.47. The van der Waals surface area contributed by atoms with E-state index in [0.717, 1.165) is 5.56 Å². The Morgan fingerprint density at radius 3 is 2.43 bits per heavy atom. The van der Waals surface area contributed by atoms with Crippen molar-refractivity contribution in [2.75, 3.05) is 0 Å². The first kappa shape index (κ1) is 9.46. The normalized spacial score (nSPS) is 10.4. The van der Waals surface area contributed by atoms with Gasteiger partial charge in [0.1, 0.15) is 0 Å². The number of benzene rings is 1. The summed E-state index contributed by atoms with van der Waals surface area (Å²) in [4.78, 5) is 0. The molecule has 0 unspecified atom stereocenters. The zero-order chi connectivity index (χ0) is 9.97. The van der Waals surface area contributed by atoms with E-state index in [1.54, 1.807) is 6.20 Å². The molecule has 72 valence electrons. The molecule has 0 N–H and O–H groups in total. The van der Waals surface area contributed by atoms with Crippen LogP contribution in [0.4, 0.5) is 4.39 Å². The second-order valence-corrected chi connectivity index (χ2v) is 3.97. The molecular formula is C11H9BrFN. The molecule has 1 nitrogen and oxygen atoms in total. The van der Waals surface area contributed by atoms with E-state index in [0.29, 0.717) is 11.0 Å². The van der Waals surface area contributed by atoms with Gasteiger partial charge in [-0.25, -0.2) is 4.39 Å². The SMILES string of the molecule is Fc1cn(Cc2ccccc2)cc1Br. The van der Waals surface area contributed by atoms with E-state index in [9.17, 15) is 4.39 Å². The zero-order valence-corrected chi connectivity index (χ0v) is 9.04. The Balaban J connectivity index is 2.19. The molecule has 0 aliphatic carbocycles. The number of aromatic nitrogens is 1. The van der Waals surface area contributed by atoms with Gasteiger partial charge in [-0.05, 0) is 21.5 Å². The molecule has 0 bridgehead atoms. The molecule has 1 aromatic carbocycles. The first-order chi connectivity index (χ1) is 6.75. The van der Waals surface area contributed by atoms with Crippen molar-refractivity contribution in [1.29, 1.82) is 0 Å². The van der Waals surface area contributed by atoms with Crippen LogP contribution in [0.5, 0.6) is 0 Å². The topological polar surface area (TPSA) is 4.93 Å². The van der Waals surface area contributed by atoms with Crippen LogP contribution in [0.2, 0.25) is 0 Å². The van der Waals surface area contributed by atoms with Crippen molar-refractivity contribution in [1.82, 2.24) is 4.57 Å². The molecule has 3 heteroatoms. The molecular weight excluding hydrogens is 245 g/mol. The number of hydrogen-bond acceptors (Lipinski definition) is 0. The smallest absolute Gasteiger partial charge is 0.155 e. The molecule has 0 aliphatic heterocycles. The summed E-state index contributed by atoms with van der Waals surface area (Å²) in [6, 6.07) is 9.96. The van der Waals surface area contributed by atoms with Crippen LogP contribution >= 0.6 is 15.9 Å². The van der Waals surface area contributed by atoms with Gasteiger partial charge in [0.25, 0.3) is 0 Å². The minimum absolute atomic E-state index is 0.221. The maximum absolute atomic E-state index is 13.0. The van der Waals surface area contributed by atoms with Gasteiger partial charge in [-0.3, -0.25) is 0 Å². The highest BCUT2D eigenvalue weighted by Crippen LogP contribution is 2.16. The standard InChI is InChI=1S/C11H9BrFN/c12-10-7-14(8-11(10)13)6-9-4-2-1-3-5-9/h1-5,7-8H,6H2. The predicted octanol–water partition coefficient (Wildman–Crippen LogP) is 3.44. The van der Waals surface area contributed by atoms with Crippen LogP contribution in [0.1, 0.15) is 5.56 Å². The van der Waals surface area contributed by atoms with Gasteiger partial charge in [0, 0.05) is 18.9 Å². The molecule has 1 heterocycles. The van der Waals surface area contributed by atoms with Crippen molar-refractivity contribution in [3.63, 3.8) is 0 Å². The number of nitrogens with zero attached hydrogens (tertiary/aromatic N) is 1. The van der Waals surface area contributed by atoms with Gasteiger partial charge in [0.2, 0.25) is 0 Å². The molecule has 0 fully saturated rings. The van der Waals surface area contributed by atoms with Crippen molar-refractivity contribution in [3.8, 4) is 0 Å². The van der Waals surface area contributed by atoms with Crippen LogP contribution < -0.4 is 0 Å². The summed E-state index contributed by atoms with van der Waals surface area (Å²) < 4.78 is 15.3. The molecule has 0 aliphatic rings. The lowest BCUT2D eigenvalue weighted by Gasteiger charge is -2.01. The highest BCUT2D eigenvalue weighted by Gasteiger charge is 2.02. The minimum Gasteiger partial charge on any atom is -0.346 e. The quantitative estimate of drug-likeness (QED) is 0.773. The summed E-state index contributed by atoms with van der Waals surface area (Å²) >= 11 is 3.13. The highest BCUT2D eigenvalue weighted by atomic mass is 79.9. The summed E-state index contributed by atoms with van der Waals surface area (Å²) in [6.45, 7) is 0.698. The van der Waals surface area contributed by atoms with Crippen LogP contribution in [0, 0.1) is 5.82 Å². The molecule has 2 rings (SSSR count). The molecule has 0 saturated carbocycles. The van der Waals surface area contributed by atoms with E-state index in [1.165, 1.54) is 6.20 Å². The van der Waals surface area contributed by atoms with Gasteiger partial charge >= 0.3 is 0 Å². The van der Waals surface area contributed by atoms with Crippen molar-refractivity contribution >= 4 is 15.9 Å². The summed E-state index contributed by atoms with van der Waals surface area (Å²) in [5.74, 6) is -0.221. The summed E-state index contributed by atoms with van der Waals surface area (Å²) in [7, 11) is 0. The Bertz CT molecular complexity index is 403. The Hall–Kier alpha value is -1.09. The lowest BCUT2D eigenvalue weighted by molar-refractivity contribution is 0.616. The van der Waals surface area contributed by atoms with Gasteiger partial charge in [0.15, 0.2) is 5.82 Å². The molecule has 0 radical (unpaired) electrons. The van der Waals surface area contributed by atoms with E-state index in [2.05, 4.69) is 15.9 Å². The predicted molar refractivity (Wildman–Crippen MR) is 57.6 cm³/mol. The summed E-state index contributed by atoms with van der Waals surface area (Å²) in [5, 5.41) is 0. The van der Waals surface area contributed by atoms with Crippen LogP contribution in [0.3, 0.4) is 0 Å². The second kappa shape index (κ2) is 3.96. The first-order valence-electron chi connectivity index (χ1n) is 4.30. The van der Waals surface area contributed by atoms with Crippen molar-refractivity contribution < 1.29 is 4.39 Å². The molecule has 1 aromatic heterocycles. The van der Waals surface area contributed by atoms with E-state index < -0.39 is 0 Å².